The van der Waals surface area contributed by atoms with Gasteiger partial charge in [-0.25, -0.2) is 0 Å². The number of carbonyl (C=O) groups is 1. The molecule has 0 aromatic heterocycles. The Balaban J connectivity index is 1.98. The molecular weight excluding hydrogens is 252 g/mol. The molecule has 110 valence electrons. The number of hydrogen-bond donors (Lipinski definition) is 2. The number of amides is 1. The molecule has 1 aliphatic heterocycles. The van der Waals surface area contributed by atoms with Crippen LogP contribution in [0.2, 0.25) is 0 Å². The first-order chi connectivity index (χ1) is 9.47. The molecule has 0 spiro atoms. The maximum Gasteiger partial charge on any atom is 0.227 e. The van der Waals surface area contributed by atoms with Crippen LogP contribution in [0.5, 0.6) is 5.75 Å². The lowest BCUT2D eigenvalue weighted by atomic mass is 9.88. The molecule has 1 aromatic carbocycles. The van der Waals surface area contributed by atoms with E-state index >= 15 is 0 Å². The molecule has 20 heavy (non-hydrogen) atoms. The van der Waals surface area contributed by atoms with Gasteiger partial charge in [-0.1, -0.05) is 6.92 Å². The molecule has 4 heteroatoms. The van der Waals surface area contributed by atoms with Crippen LogP contribution in [-0.2, 0) is 4.79 Å². The van der Waals surface area contributed by atoms with Crippen LogP contribution in [0.25, 0.3) is 0 Å². The Labute approximate surface area is 120 Å². The lowest BCUT2D eigenvalue weighted by Gasteiger charge is -2.31. The average molecular weight is 276 g/mol. The van der Waals surface area contributed by atoms with Crippen molar-refractivity contribution >= 4 is 11.6 Å². The Hall–Kier alpha value is -1.55. The van der Waals surface area contributed by atoms with E-state index in [-0.39, 0.29) is 17.9 Å². The second-order valence-corrected chi connectivity index (χ2v) is 5.84. The first kappa shape index (κ1) is 14.9. The van der Waals surface area contributed by atoms with Gasteiger partial charge < -0.3 is 15.4 Å². The third-order valence-electron chi connectivity index (χ3n) is 3.74. The number of nitrogens with one attached hydrogen (secondary N) is 2. The Bertz CT molecular complexity index is 481. The van der Waals surface area contributed by atoms with Gasteiger partial charge in [0.15, 0.2) is 0 Å². The minimum absolute atomic E-state index is 0.0446. The van der Waals surface area contributed by atoms with Gasteiger partial charge in [0.25, 0.3) is 0 Å². The van der Waals surface area contributed by atoms with Crippen molar-refractivity contribution < 1.29 is 9.53 Å². The quantitative estimate of drug-likeness (QED) is 0.869. The normalized spacial score (nSPS) is 16.6. The van der Waals surface area contributed by atoms with Crippen molar-refractivity contribution in [2.24, 2.45) is 11.8 Å². The zero-order chi connectivity index (χ0) is 14.7. The summed E-state index contributed by atoms with van der Waals surface area (Å²) in [5.41, 5.74) is 1.87. The molecule has 1 atom stereocenters. The predicted molar refractivity (Wildman–Crippen MR) is 81.1 cm³/mol. The third kappa shape index (κ3) is 3.51. The van der Waals surface area contributed by atoms with Crippen molar-refractivity contribution in [3.05, 3.63) is 23.8 Å². The molecule has 1 aromatic rings. The molecule has 0 radical (unpaired) electrons. The zero-order valence-electron chi connectivity index (χ0n) is 12.7. The first-order valence-electron chi connectivity index (χ1n) is 7.26. The van der Waals surface area contributed by atoms with E-state index in [1.54, 1.807) is 0 Å². The van der Waals surface area contributed by atoms with E-state index in [1.807, 2.05) is 45.9 Å². The fourth-order valence-electron chi connectivity index (χ4n) is 2.25. The molecule has 1 aliphatic rings. The van der Waals surface area contributed by atoms with Gasteiger partial charge in [0.2, 0.25) is 5.91 Å². The summed E-state index contributed by atoms with van der Waals surface area (Å²) in [6.45, 7) is 9.87. The van der Waals surface area contributed by atoms with Crippen molar-refractivity contribution in [2.45, 2.75) is 33.8 Å². The number of aryl methyl sites for hydroxylation is 1. The summed E-state index contributed by atoms with van der Waals surface area (Å²) in [7, 11) is 0. The number of hydrogen-bond acceptors (Lipinski definition) is 3. The second kappa shape index (κ2) is 6.27. The fourth-order valence-corrected chi connectivity index (χ4v) is 2.25. The Morgan fingerprint density at radius 2 is 2.05 bits per heavy atom. The van der Waals surface area contributed by atoms with Gasteiger partial charge in [-0.2, -0.15) is 0 Å². The van der Waals surface area contributed by atoms with Crippen molar-refractivity contribution in [1.82, 2.24) is 5.32 Å². The van der Waals surface area contributed by atoms with Gasteiger partial charge in [-0.05, 0) is 63.5 Å². The number of benzene rings is 1. The molecule has 4 nitrogen and oxygen atoms in total. The van der Waals surface area contributed by atoms with E-state index in [0.717, 1.165) is 30.1 Å². The smallest absolute Gasteiger partial charge is 0.227 e. The third-order valence-corrected chi connectivity index (χ3v) is 3.74. The van der Waals surface area contributed by atoms with Gasteiger partial charge in [-0.3, -0.25) is 4.79 Å². The van der Waals surface area contributed by atoms with E-state index in [9.17, 15) is 4.79 Å². The van der Waals surface area contributed by atoms with Gasteiger partial charge >= 0.3 is 0 Å². The predicted octanol–water partition coefficient (Wildman–Crippen LogP) is 2.58. The summed E-state index contributed by atoms with van der Waals surface area (Å²) in [5, 5.41) is 6.19. The van der Waals surface area contributed by atoms with E-state index in [4.69, 9.17) is 4.74 Å². The molecule has 2 N–H and O–H groups in total. The molecule has 1 unspecified atom stereocenters. The maximum absolute atomic E-state index is 12.2. The summed E-state index contributed by atoms with van der Waals surface area (Å²) < 4.78 is 5.70. The lowest BCUT2D eigenvalue weighted by molar-refractivity contribution is -0.121. The molecule has 1 amide bonds. The fraction of sp³-hybridized carbons (Fsp3) is 0.562. The monoisotopic (exact) mass is 276 g/mol. The molecule has 2 rings (SSSR count). The van der Waals surface area contributed by atoms with Gasteiger partial charge in [0, 0.05) is 11.6 Å². The van der Waals surface area contributed by atoms with Crippen LogP contribution < -0.4 is 15.4 Å². The SMILES string of the molecule is Cc1cc(NC(=O)C(C)C2CNC2)ccc1OC(C)C. The summed E-state index contributed by atoms with van der Waals surface area (Å²) in [4.78, 5) is 12.2. The van der Waals surface area contributed by atoms with Gasteiger partial charge in [0.05, 0.1) is 6.10 Å². The molecule has 1 heterocycles. The first-order valence-corrected chi connectivity index (χ1v) is 7.26. The van der Waals surface area contributed by atoms with Crippen molar-refractivity contribution in [1.29, 1.82) is 0 Å². The van der Waals surface area contributed by atoms with Crippen LogP contribution >= 0.6 is 0 Å². The van der Waals surface area contributed by atoms with Crippen LogP contribution in [0.15, 0.2) is 18.2 Å². The summed E-state index contributed by atoms with van der Waals surface area (Å²) in [6.07, 6.45) is 0.153. The minimum atomic E-state index is 0.0446. The van der Waals surface area contributed by atoms with Crippen LogP contribution in [0.4, 0.5) is 5.69 Å². The Morgan fingerprint density at radius 3 is 2.55 bits per heavy atom. The van der Waals surface area contributed by atoms with E-state index < -0.39 is 0 Å². The molecule has 1 saturated heterocycles. The summed E-state index contributed by atoms with van der Waals surface area (Å²) in [5.74, 6) is 1.46. The van der Waals surface area contributed by atoms with Crippen LogP contribution in [0, 0.1) is 18.8 Å². The van der Waals surface area contributed by atoms with Gasteiger partial charge in [0.1, 0.15) is 5.75 Å². The highest BCUT2D eigenvalue weighted by Crippen LogP contribution is 2.24. The second-order valence-electron chi connectivity index (χ2n) is 5.84. The molecular formula is C16H24N2O2. The number of rotatable bonds is 5. The van der Waals surface area contributed by atoms with Crippen molar-refractivity contribution in [3.63, 3.8) is 0 Å². The molecule has 0 saturated carbocycles. The van der Waals surface area contributed by atoms with Crippen LogP contribution in [0.3, 0.4) is 0 Å². The summed E-state index contributed by atoms with van der Waals surface area (Å²) in [6, 6.07) is 5.77. The Kier molecular flexibility index (Phi) is 4.65. The highest BCUT2D eigenvalue weighted by atomic mass is 16.5. The lowest BCUT2D eigenvalue weighted by Crippen LogP contribution is -2.48. The summed E-state index contributed by atoms with van der Waals surface area (Å²) >= 11 is 0. The van der Waals surface area contributed by atoms with E-state index in [1.165, 1.54) is 0 Å². The number of ether oxygens (including phenoxy) is 1. The van der Waals surface area contributed by atoms with Crippen molar-refractivity contribution in [2.75, 3.05) is 18.4 Å². The minimum Gasteiger partial charge on any atom is -0.491 e. The number of anilines is 1. The Morgan fingerprint density at radius 1 is 1.35 bits per heavy atom. The molecule has 0 aliphatic carbocycles. The molecule has 1 fully saturated rings. The number of carbonyl (C=O) groups excluding carboxylic acids is 1. The van der Waals surface area contributed by atoms with E-state index in [2.05, 4.69) is 10.6 Å². The maximum atomic E-state index is 12.2. The molecule has 0 bridgehead atoms. The zero-order valence-corrected chi connectivity index (χ0v) is 12.7. The highest BCUT2D eigenvalue weighted by Gasteiger charge is 2.28. The van der Waals surface area contributed by atoms with Crippen molar-refractivity contribution in [3.8, 4) is 5.75 Å². The van der Waals surface area contributed by atoms with E-state index in [0.29, 0.717) is 5.92 Å². The average Bonchev–Trinajstić information content (AvgIpc) is 2.30. The van der Waals surface area contributed by atoms with Gasteiger partial charge in [-0.15, -0.1) is 0 Å². The standard InChI is InChI=1S/C16H24N2O2/c1-10(2)20-15-6-5-14(7-11(15)3)18-16(19)12(4)13-8-17-9-13/h5-7,10,12-13,17H,8-9H2,1-4H3,(H,18,19). The highest BCUT2D eigenvalue weighted by molar-refractivity contribution is 5.92. The van der Waals surface area contributed by atoms with Crippen LogP contribution in [0.1, 0.15) is 26.3 Å². The largest absolute Gasteiger partial charge is 0.491 e. The topological polar surface area (TPSA) is 50.4 Å². The van der Waals surface area contributed by atoms with Crippen LogP contribution in [-0.4, -0.2) is 25.1 Å².